The van der Waals surface area contributed by atoms with Crippen LogP contribution in [0.25, 0.3) is 0 Å². The van der Waals surface area contributed by atoms with E-state index < -0.39 is 17.1 Å². The van der Waals surface area contributed by atoms with Crippen LogP contribution in [0.1, 0.15) is 24.5 Å². The fourth-order valence-corrected chi connectivity index (χ4v) is 6.00. The predicted octanol–water partition coefficient (Wildman–Crippen LogP) is 2.25. The lowest BCUT2D eigenvalue weighted by molar-refractivity contribution is -0.0853. The molecule has 0 unspecified atom stereocenters. The number of piperidine rings is 1. The first-order valence-electron chi connectivity index (χ1n) is 8.58. The Balaban J connectivity index is 1.89. The lowest BCUT2D eigenvalue weighted by Gasteiger charge is -2.58. The van der Waals surface area contributed by atoms with Gasteiger partial charge in [0.2, 0.25) is 0 Å². The number of hydrogen-bond donors (Lipinski definition) is 1. The van der Waals surface area contributed by atoms with E-state index in [0.29, 0.717) is 6.04 Å². The monoisotopic (exact) mass is 347 g/mol. The Hall–Kier alpha value is -1.23. The molecule has 1 saturated heterocycles. The molecule has 0 saturated carbocycles. The molecule has 2 bridgehead atoms. The Kier molecular flexibility index (Phi) is 2.81. The summed E-state index contributed by atoms with van der Waals surface area (Å²) in [4.78, 5) is 2.41. The predicted molar refractivity (Wildman–Crippen MR) is 92.2 cm³/mol. The van der Waals surface area contributed by atoms with Crippen LogP contribution in [0.5, 0.6) is 11.5 Å². The van der Waals surface area contributed by atoms with Crippen molar-refractivity contribution in [3.05, 3.63) is 34.9 Å². The highest BCUT2D eigenvalue weighted by molar-refractivity contribution is 6.22. The summed E-state index contributed by atoms with van der Waals surface area (Å²) in [6.07, 6.45) is 3.22. The van der Waals surface area contributed by atoms with Crippen molar-refractivity contribution >= 4 is 11.6 Å². The van der Waals surface area contributed by atoms with Gasteiger partial charge in [-0.05, 0) is 50.6 Å². The average Bonchev–Trinajstić information content (AvgIpc) is 2.84. The molecule has 5 atom stereocenters. The summed E-state index contributed by atoms with van der Waals surface area (Å²) < 4.78 is 12.1. The number of methoxy groups -OCH3 is 1. The SMILES string of the molecule is COc1ccc2c3c1O[C@]1(C)[C@@H](O)[C@H](Cl)C=C4[C@@H](C2)N(C)CC[C@]431. The molecule has 1 aromatic rings. The second-order valence-electron chi connectivity index (χ2n) is 7.71. The molecule has 1 spiro atoms. The highest BCUT2D eigenvalue weighted by Gasteiger charge is 2.70. The molecule has 1 aromatic carbocycles. The van der Waals surface area contributed by atoms with E-state index in [9.17, 15) is 5.11 Å². The first kappa shape index (κ1) is 15.1. The van der Waals surface area contributed by atoms with Crippen molar-refractivity contribution in [1.29, 1.82) is 0 Å². The summed E-state index contributed by atoms with van der Waals surface area (Å²) in [6.45, 7) is 3.01. The quantitative estimate of drug-likeness (QED) is 0.625. The summed E-state index contributed by atoms with van der Waals surface area (Å²) >= 11 is 6.53. The number of aliphatic hydroxyl groups is 1. The van der Waals surface area contributed by atoms with E-state index in [2.05, 4.69) is 24.1 Å². The molecule has 5 rings (SSSR count). The highest BCUT2D eigenvalue weighted by Crippen LogP contribution is 2.66. The molecule has 4 nitrogen and oxygen atoms in total. The van der Waals surface area contributed by atoms with Crippen LogP contribution in [0.4, 0.5) is 0 Å². The maximum absolute atomic E-state index is 11.0. The summed E-state index contributed by atoms with van der Waals surface area (Å²) in [5.74, 6) is 1.55. The molecular formula is C19H22ClNO3. The van der Waals surface area contributed by atoms with Gasteiger partial charge in [0.05, 0.1) is 17.9 Å². The molecule has 128 valence electrons. The van der Waals surface area contributed by atoms with Gasteiger partial charge in [0.15, 0.2) is 11.5 Å². The maximum atomic E-state index is 11.0. The van der Waals surface area contributed by atoms with Gasteiger partial charge in [0.1, 0.15) is 11.7 Å². The molecule has 0 amide bonds. The first-order chi connectivity index (χ1) is 11.4. The number of rotatable bonds is 1. The van der Waals surface area contributed by atoms with Crippen molar-refractivity contribution in [2.75, 3.05) is 20.7 Å². The summed E-state index contributed by atoms with van der Waals surface area (Å²) in [5.41, 5.74) is 2.80. The van der Waals surface area contributed by atoms with Gasteiger partial charge >= 0.3 is 0 Å². The summed E-state index contributed by atoms with van der Waals surface area (Å²) in [5, 5.41) is 10.6. The molecule has 2 aliphatic carbocycles. The fourth-order valence-electron chi connectivity index (χ4n) is 5.63. The minimum absolute atomic E-state index is 0.299. The van der Waals surface area contributed by atoms with E-state index in [-0.39, 0.29) is 5.41 Å². The van der Waals surface area contributed by atoms with Gasteiger partial charge < -0.3 is 14.6 Å². The molecule has 5 heteroatoms. The van der Waals surface area contributed by atoms with Crippen LogP contribution in [-0.4, -0.2) is 53.8 Å². The van der Waals surface area contributed by atoms with Gasteiger partial charge in [0.25, 0.3) is 0 Å². The lowest BCUT2D eigenvalue weighted by Crippen LogP contribution is -2.69. The molecule has 4 aliphatic rings. The van der Waals surface area contributed by atoms with Crippen LogP contribution in [0.15, 0.2) is 23.8 Å². The lowest BCUT2D eigenvalue weighted by atomic mass is 9.51. The zero-order chi connectivity index (χ0) is 16.9. The van der Waals surface area contributed by atoms with Crippen LogP contribution >= 0.6 is 11.6 Å². The Morgan fingerprint density at radius 3 is 2.96 bits per heavy atom. The number of aliphatic hydroxyl groups excluding tert-OH is 1. The van der Waals surface area contributed by atoms with Crippen LogP contribution in [0, 0.1) is 0 Å². The number of benzene rings is 1. The van der Waals surface area contributed by atoms with Crippen LogP contribution in [0.2, 0.25) is 0 Å². The van der Waals surface area contributed by atoms with Gasteiger partial charge in [-0.15, -0.1) is 11.6 Å². The molecule has 1 N–H and O–H groups in total. The highest BCUT2D eigenvalue weighted by atomic mass is 35.5. The third-order valence-corrected chi connectivity index (χ3v) is 7.22. The second kappa shape index (κ2) is 4.48. The second-order valence-corrected chi connectivity index (χ2v) is 8.21. The standard InChI is InChI=1S/C19H22ClNO3/c1-18-17(22)12(20)9-11-13-8-10-4-5-14(23-3)16(24-18)15(10)19(11,18)6-7-21(13)2/h4-5,9,12-13,17,22H,6-8H2,1-3H3/t12-,13-,17+,18-,19+/m1/s1. The summed E-state index contributed by atoms with van der Waals surface area (Å²) in [6, 6.07) is 4.47. The number of nitrogens with zero attached hydrogens (tertiary/aromatic N) is 1. The number of likely N-dealkylation sites (tertiary alicyclic amines) is 1. The van der Waals surface area contributed by atoms with Gasteiger partial charge in [-0.1, -0.05) is 12.1 Å². The van der Waals surface area contributed by atoms with E-state index >= 15 is 0 Å². The number of alkyl halides is 1. The van der Waals surface area contributed by atoms with Gasteiger partial charge in [-0.2, -0.15) is 0 Å². The molecule has 0 radical (unpaired) electrons. The van der Waals surface area contributed by atoms with E-state index in [1.807, 2.05) is 13.0 Å². The van der Waals surface area contributed by atoms with Crippen molar-refractivity contribution in [2.24, 2.45) is 0 Å². The normalized spacial score (nSPS) is 42.2. The van der Waals surface area contributed by atoms with Crippen molar-refractivity contribution in [3.8, 4) is 11.5 Å². The van der Waals surface area contributed by atoms with Gasteiger partial charge in [0, 0.05) is 11.6 Å². The van der Waals surface area contributed by atoms with Crippen LogP contribution < -0.4 is 9.47 Å². The number of hydrogen-bond acceptors (Lipinski definition) is 4. The number of ether oxygens (including phenoxy) is 2. The number of likely N-dealkylation sites (N-methyl/N-ethyl adjacent to an activating group) is 1. The van der Waals surface area contributed by atoms with Crippen molar-refractivity contribution in [3.63, 3.8) is 0 Å². The van der Waals surface area contributed by atoms with Crippen molar-refractivity contribution in [2.45, 2.75) is 48.3 Å². The fraction of sp³-hybridized carbons (Fsp3) is 0.579. The minimum atomic E-state index is -0.755. The summed E-state index contributed by atoms with van der Waals surface area (Å²) in [7, 11) is 3.84. The zero-order valence-electron chi connectivity index (χ0n) is 14.2. The Morgan fingerprint density at radius 1 is 1.42 bits per heavy atom. The molecule has 24 heavy (non-hydrogen) atoms. The van der Waals surface area contributed by atoms with E-state index in [1.54, 1.807) is 7.11 Å². The third-order valence-electron chi connectivity index (χ3n) is 6.86. The van der Waals surface area contributed by atoms with Gasteiger partial charge in [-0.3, -0.25) is 4.90 Å². The van der Waals surface area contributed by atoms with Crippen LogP contribution in [-0.2, 0) is 11.8 Å². The Bertz CT molecular complexity index is 778. The molecule has 2 aliphatic heterocycles. The first-order valence-corrected chi connectivity index (χ1v) is 9.01. The molecule has 0 aromatic heterocycles. The molecule has 1 fully saturated rings. The molecule has 2 heterocycles. The Morgan fingerprint density at radius 2 is 2.21 bits per heavy atom. The van der Waals surface area contributed by atoms with E-state index in [0.717, 1.165) is 30.9 Å². The molecular weight excluding hydrogens is 326 g/mol. The largest absolute Gasteiger partial charge is 0.493 e. The zero-order valence-corrected chi connectivity index (χ0v) is 14.9. The van der Waals surface area contributed by atoms with E-state index in [4.69, 9.17) is 21.1 Å². The van der Waals surface area contributed by atoms with Crippen molar-refractivity contribution < 1.29 is 14.6 Å². The van der Waals surface area contributed by atoms with Gasteiger partial charge in [-0.25, -0.2) is 0 Å². The van der Waals surface area contributed by atoms with Crippen LogP contribution in [0.3, 0.4) is 0 Å². The topological polar surface area (TPSA) is 41.9 Å². The number of halogens is 1. The Labute approximate surface area is 147 Å². The third kappa shape index (κ3) is 1.41. The minimum Gasteiger partial charge on any atom is -0.493 e. The smallest absolute Gasteiger partial charge is 0.166 e. The maximum Gasteiger partial charge on any atom is 0.166 e. The average molecular weight is 348 g/mol. The van der Waals surface area contributed by atoms with Crippen molar-refractivity contribution in [1.82, 2.24) is 4.90 Å². The van der Waals surface area contributed by atoms with E-state index in [1.165, 1.54) is 16.7 Å².